The third-order valence-electron chi connectivity index (χ3n) is 3.68. The Morgan fingerprint density at radius 1 is 1.31 bits per heavy atom. The van der Waals surface area contributed by atoms with Crippen LogP contribution in [-0.2, 0) is 38.1 Å². The van der Waals surface area contributed by atoms with Crippen LogP contribution in [0.4, 0.5) is 13.2 Å². The summed E-state index contributed by atoms with van der Waals surface area (Å²) in [5.74, 6) is -4.43. The second-order valence-corrected chi connectivity index (χ2v) is 8.02. The van der Waals surface area contributed by atoms with Gasteiger partial charge in [-0.3, -0.25) is 8.98 Å². The quantitative estimate of drug-likeness (QED) is 0.216. The second-order valence-electron chi connectivity index (χ2n) is 6.40. The molecular weight excluding hydrogens is 423 g/mol. The summed E-state index contributed by atoms with van der Waals surface area (Å²) >= 11 is 0. The zero-order valence-electron chi connectivity index (χ0n) is 16.0. The van der Waals surface area contributed by atoms with Crippen molar-refractivity contribution < 1.29 is 49.6 Å². The summed E-state index contributed by atoms with van der Waals surface area (Å²) < 4.78 is 84.4. The van der Waals surface area contributed by atoms with Crippen LogP contribution in [0.3, 0.4) is 0 Å². The number of carbonyl (C=O) groups excluding carboxylic acids is 2. The zero-order chi connectivity index (χ0) is 22.3. The number of hydrogen-bond acceptors (Lipinski definition) is 8. The van der Waals surface area contributed by atoms with Gasteiger partial charge in [-0.25, -0.2) is 9.18 Å². The minimum Gasteiger partial charge on any atom is -0.460 e. The molecule has 0 aromatic carbocycles. The zero-order valence-corrected chi connectivity index (χ0v) is 16.9. The van der Waals surface area contributed by atoms with Crippen molar-refractivity contribution in [3.63, 3.8) is 0 Å². The fourth-order valence-corrected chi connectivity index (χ4v) is 3.11. The minimum absolute atomic E-state index is 0.0505. The molecule has 1 fully saturated rings. The molecule has 13 heteroatoms. The van der Waals surface area contributed by atoms with E-state index < -0.39 is 65.4 Å². The van der Waals surface area contributed by atoms with Crippen LogP contribution < -0.4 is 5.32 Å². The molecule has 0 aromatic heterocycles. The molecule has 1 heterocycles. The van der Waals surface area contributed by atoms with Gasteiger partial charge >= 0.3 is 27.2 Å². The van der Waals surface area contributed by atoms with Crippen LogP contribution in [0.25, 0.3) is 0 Å². The molecule has 0 aromatic rings. The topological polar surface area (TPSA) is 117 Å². The normalized spacial score (nSPS) is 18.0. The number of carbonyl (C=O) groups is 2. The van der Waals surface area contributed by atoms with Gasteiger partial charge in [-0.15, -0.1) is 0 Å². The van der Waals surface area contributed by atoms with E-state index in [0.29, 0.717) is 6.42 Å². The Morgan fingerprint density at radius 3 is 2.41 bits per heavy atom. The van der Waals surface area contributed by atoms with E-state index in [0.717, 1.165) is 0 Å². The summed E-state index contributed by atoms with van der Waals surface area (Å²) in [5, 5.41) is -3.40. The molecule has 0 radical (unpaired) electrons. The predicted molar refractivity (Wildman–Crippen MR) is 93.0 cm³/mol. The van der Waals surface area contributed by atoms with Gasteiger partial charge in [-0.1, -0.05) is 6.58 Å². The lowest BCUT2D eigenvalue weighted by atomic mass is 10.1. The van der Waals surface area contributed by atoms with E-state index >= 15 is 0 Å². The minimum atomic E-state index is -5.83. The molecule has 1 aliphatic heterocycles. The molecule has 9 nitrogen and oxygen atoms in total. The van der Waals surface area contributed by atoms with Crippen molar-refractivity contribution in [2.24, 2.45) is 0 Å². The summed E-state index contributed by atoms with van der Waals surface area (Å²) in [7, 11) is -5.83. The van der Waals surface area contributed by atoms with E-state index in [1.165, 1.54) is 13.8 Å². The van der Waals surface area contributed by atoms with Crippen molar-refractivity contribution in [2.75, 3.05) is 33.0 Å². The maximum Gasteiger partial charge on any atom is 0.446 e. The average Bonchev–Trinajstić information content (AvgIpc) is 2.64. The molecule has 0 aliphatic carbocycles. The first-order chi connectivity index (χ1) is 13.3. The Labute approximate surface area is 166 Å². The lowest BCUT2D eigenvalue weighted by Crippen LogP contribution is -2.49. The summed E-state index contributed by atoms with van der Waals surface area (Å²) in [5.41, 5.74) is 0.0505. The highest BCUT2D eigenvalue weighted by Crippen LogP contribution is 2.30. The molecule has 168 valence electrons. The van der Waals surface area contributed by atoms with E-state index in [2.05, 4.69) is 15.5 Å². The number of alkyl halides is 3. The van der Waals surface area contributed by atoms with Crippen molar-refractivity contribution in [1.29, 1.82) is 0 Å². The number of amides is 1. The molecule has 1 saturated heterocycles. The van der Waals surface area contributed by atoms with Crippen LogP contribution in [0.15, 0.2) is 12.2 Å². The molecule has 0 saturated carbocycles. The lowest BCUT2D eigenvalue weighted by molar-refractivity contribution is -0.266. The molecule has 0 bridgehead atoms. The molecule has 1 atom stereocenters. The fourth-order valence-electron chi connectivity index (χ4n) is 2.21. The highest BCUT2D eigenvalue weighted by Gasteiger charge is 2.55. The first kappa shape index (κ1) is 25.3. The van der Waals surface area contributed by atoms with E-state index in [-0.39, 0.29) is 18.8 Å². The van der Waals surface area contributed by atoms with Gasteiger partial charge in [0.15, 0.2) is 5.79 Å². The van der Waals surface area contributed by atoms with Crippen molar-refractivity contribution in [2.45, 2.75) is 43.8 Å². The Hall–Kier alpha value is -1.70. The Bertz CT molecular complexity index is 707. The van der Waals surface area contributed by atoms with Crippen LogP contribution in [0.1, 0.15) is 26.7 Å². The van der Waals surface area contributed by atoms with Crippen LogP contribution in [0.5, 0.6) is 0 Å². The molecule has 1 aliphatic rings. The smallest absolute Gasteiger partial charge is 0.446 e. The lowest BCUT2D eigenvalue weighted by Gasteiger charge is -2.35. The molecule has 1 unspecified atom stereocenters. The van der Waals surface area contributed by atoms with E-state index in [9.17, 15) is 31.2 Å². The molecule has 0 spiro atoms. The highest BCUT2D eigenvalue weighted by atomic mass is 32.2. The third-order valence-corrected chi connectivity index (χ3v) is 5.02. The van der Waals surface area contributed by atoms with Crippen LogP contribution in [0, 0.1) is 0 Å². The molecule has 1 rings (SSSR count). The van der Waals surface area contributed by atoms with Crippen molar-refractivity contribution in [1.82, 2.24) is 5.32 Å². The van der Waals surface area contributed by atoms with E-state index in [4.69, 9.17) is 9.47 Å². The number of nitrogens with one attached hydrogen (secondary N) is 1. The van der Waals surface area contributed by atoms with Crippen molar-refractivity contribution in [3.8, 4) is 0 Å². The highest BCUT2D eigenvalue weighted by molar-refractivity contribution is 7.88. The van der Waals surface area contributed by atoms with Gasteiger partial charge in [0.2, 0.25) is 0 Å². The maximum absolute atomic E-state index is 14.0. The van der Waals surface area contributed by atoms with Crippen molar-refractivity contribution >= 4 is 22.0 Å². The number of esters is 1. The first-order valence-electron chi connectivity index (χ1n) is 8.60. The van der Waals surface area contributed by atoms with Gasteiger partial charge in [-0.2, -0.15) is 17.2 Å². The SMILES string of the molecule is C=C(C)C(=O)OCCNC(=O)C(F)(F)S(=O)(=O)OC(CF)CC1(C)OCCCO1. The Morgan fingerprint density at radius 2 is 1.90 bits per heavy atom. The van der Waals surface area contributed by atoms with Gasteiger partial charge in [-0.05, 0) is 20.3 Å². The molecule has 29 heavy (non-hydrogen) atoms. The molecule has 1 N–H and O–H groups in total. The maximum atomic E-state index is 14.0. The summed E-state index contributed by atoms with van der Waals surface area (Å²) in [4.78, 5) is 22.7. The monoisotopic (exact) mass is 447 g/mol. The third kappa shape index (κ3) is 7.24. The first-order valence-corrected chi connectivity index (χ1v) is 10.0. The van der Waals surface area contributed by atoms with Gasteiger partial charge in [0.1, 0.15) is 19.4 Å². The Kier molecular flexibility index (Phi) is 9.06. The standard InChI is InChI=1S/C16H24F3NO8S/c1-11(2)13(21)25-8-5-20-14(22)16(18,19)29(23,24)28-12(10-17)9-15(3)26-6-4-7-27-15/h12H,1,4-10H2,2-3H3,(H,20,22). The van der Waals surface area contributed by atoms with Crippen LogP contribution in [-0.4, -0.2) is 70.5 Å². The number of ether oxygens (including phenoxy) is 3. The second kappa shape index (κ2) is 10.4. The number of hydrogen-bond donors (Lipinski definition) is 1. The summed E-state index contributed by atoms with van der Waals surface area (Å²) in [6.07, 6.45) is -1.77. The largest absolute Gasteiger partial charge is 0.460 e. The van der Waals surface area contributed by atoms with Gasteiger partial charge in [0.05, 0.1) is 19.8 Å². The summed E-state index contributed by atoms with van der Waals surface area (Å²) in [6, 6.07) is 0. The number of rotatable bonds is 11. The number of halogens is 3. The Balaban J connectivity index is 2.67. The van der Waals surface area contributed by atoms with Crippen molar-refractivity contribution in [3.05, 3.63) is 12.2 Å². The average molecular weight is 447 g/mol. The van der Waals surface area contributed by atoms with E-state index in [1.807, 2.05) is 0 Å². The van der Waals surface area contributed by atoms with E-state index in [1.54, 1.807) is 5.32 Å². The predicted octanol–water partition coefficient (Wildman–Crippen LogP) is 1.04. The molecule has 1 amide bonds. The molecular formula is C16H24F3NO8S. The van der Waals surface area contributed by atoms with Crippen LogP contribution in [0.2, 0.25) is 0 Å². The summed E-state index contributed by atoms with van der Waals surface area (Å²) in [6.45, 7) is 4.05. The fraction of sp³-hybridized carbons (Fsp3) is 0.750. The van der Waals surface area contributed by atoms with Gasteiger partial charge in [0.25, 0.3) is 0 Å². The van der Waals surface area contributed by atoms with Crippen LogP contribution >= 0.6 is 0 Å². The van der Waals surface area contributed by atoms with Gasteiger partial charge in [0, 0.05) is 12.0 Å². The van der Waals surface area contributed by atoms with Gasteiger partial charge < -0.3 is 19.5 Å².